The zero-order valence-corrected chi connectivity index (χ0v) is 20.2. The van der Waals surface area contributed by atoms with E-state index in [0.29, 0.717) is 44.0 Å². The molecule has 34 heavy (non-hydrogen) atoms. The van der Waals surface area contributed by atoms with Crippen molar-refractivity contribution in [2.75, 3.05) is 53.2 Å². The first-order valence-electron chi connectivity index (χ1n) is 12.8. The number of benzene rings is 1. The van der Waals surface area contributed by atoms with Crippen LogP contribution in [0, 0.1) is 11.8 Å². The number of carbonyl (C=O) groups is 2. The molecule has 1 aromatic carbocycles. The first kappa shape index (κ1) is 23.4. The van der Waals surface area contributed by atoms with Crippen molar-refractivity contribution in [1.29, 1.82) is 0 Å². The molecule has 0 radical (unpaired) electrons. The molecule has 0 aromatic heterocycles. The van der Waals surface area contributed by atoms with Crippen molar-refractivity contribution in [2.24, 2.45) is 11.8 Å². The molecule has 0 saturated carbocycles. The van der Waals surface area contributed by atoms with Crippen LogP contribution in [0.2, 0.25) is 0 Å². The molecule has 8 heteroatoms. The van der Waals surface area contributed by atoms with Crippen molar-refractivity contribution < 1.29 is 23.8 Å². The van der Waals surface area contributed by atoms with Gasteiger partial charge < -0.3 is 28.9 Å². The molecule has 1 aromatic rings. The fourth-order valence-electron chi connectivity index (χ4n) is 6.17. The summed E-state index contributed by atoms with van der Waals surface area (Å²) in [6.07, 6.45) is 6.49. The molecule has 4 heterocycles. The quantitative estimate of drug-likeness (QED) is 0.580. The fourth-order valence-corrected chi connectivity index (χ4v) is 6.17. The molecule has 186 valence electrons. The predicted molar refractivity (Wildman–Crippen MR) is 126 cm³/mol. The summed E-state index contributed by atoms with van der Waals surface area (Å²) in [5.41, 5.74) is 0.988. The summed E-state index contributed by atoms with van der Waals surface area (Å²) in [6.45, 7) is 5.45. The number of nitrogens with zero attached hydrogens (tertiary/aromatic N) is 3. The molecule has 3 saturated heterocycles. The molecule has 8 nitrogen and oxygen atoms in total. The summed E-state index contributed by atoms with van der Waals surface area (Å²) < 4.78 is 16.2. The second kappa shape index (κ2) is 10.5. The van der Waals surface area contributed by atoms with Crippen molar-refractivity contribution in [2.45, 2.75) is 51.1 Å². The summed E-state index contributed by atoms with van der Waals surface area (Å²) in [4.78, 5) is 32.9. The Morgan fingerprint density at radius 2 is 2.00 bits per heavy atom. The van der Waals surface area contributed by atoms with Crippen molar-refractivity contribution in [3.63, 3.8) is 0 Å². The lowest BCUT2D eigenvalue weighted by Gasteiger charge is -2.46. The number of likely N-dealkylation sites (tertiary alicyclic amines) is 1. The van der Waals surface area contributed by atoms with Crippen molar-refractivity contribution >= 4 is 11.8 Å². The van der Waals surface area contributed by atoms with Gasteiger partial charge in [0, 0.05) is 45.8 Å². The van der Waals surface area contributed by atoms with Gasteiger partial charge in [-0.3, -0.25) is 9.59 Å². The minimum Gasteiger partial charge on any atom is -0.454 e. The average molecular weight is 472 g/mol. The minimum atomic E-state index is -0.288. The zero-order valence-electron chi connectivity index (χ0n) is 20.2. The van der Waals surface area contributed by atoms with Gasteiger partial charge in [-0.25, -0.2) is 0 Å². The molecular weight excluding hydrogens is 434 g/mol. The smallest absolute Gasteiger partial charge is 0.231 e. The maximum absolute atomic E-state index is 13.6. The highest BCUT2D eigenvalue weighted by atomic mass is 16.7. The van der Waals surface area contributed by atoms with Crippen LogP contribution in [0.5, 0.6) is 11.5 Å². The predicted octanol–water partition coefficient (Wildman–Crippen LogP) is 2.50. The molecule has 5 rings (SSSR count). The van der Waals surface area contributed by atoms with E-state index in [-0.39, 0.29) is 30.9 Å². The first-order valence-corrected chi connectivity index (χ1v) is 12.8. The number of carbonyl (C=O) groups excluding carboxylic acids is 2. The van der Waals surface area contributed by atoms with E-state index in [1.165, 1.54) is 45.2 Å². The van der Waals surface area contributed by atoms with Gasteiger partial charge in [-0.2, -0.15) is 0 Å². The number of fused-ring (bicyclic) bond motifs is 2. The standard InChI is InChI=1S/C26H37N3O5/c1-32-12-11-28(16-20-5-4-10-27-9-3-2-6-22(20)27)26(31)21-14-25(30)29(17-21)15-19-7-8-23-24(13-19)34-18-33-23/h7-8,13,20-22H,2-6,9-12,14-18H2,1H3/t20-,21?,22+/m0/s1. The van der Waals surface area contributed by atoms with Gasteiger partial charge in [0.1, 0.15) is 0 Å². The lowest BCUT2D eigenvalue weighted by atomic mass is 9.83. The van der Waals surface area contributed by atoms with E-state index >= 15 is 0 Å². The Hall–Kier alpha value is -2.32. The molecule has 3 atom stereocenters. The van der Waals surface area contributed by atoms with Gasteiger partial charge in [-0.1, -0.05) is 12.5 Å². The summed E-state index contributed by atoms with van der Waals surface area (Å²) in [6, 6.07) is 6.36. The molecular formula is C26H37N3O5. The van der Waals surface area contributed by atoms with Crippen LogP contribution in [0.1, 0.15) is 44.1 Å². The monoisotopic (exact) mass is 471 g/mol. The second-order valence-electron chi connectivity index (χ2n) is 10.1. The minimum absolute atomic E-state index is 0.0406. The Labute approximate surface area is 202 Å². The van der Waals surface area contributed by atoms with E-state index in [1.807, 2.05) is 23.1 Å². The average Bonchev–Trinajstić information content (AvgIpc) is 3.47. The van der Waals surface area contributed by atoms with E-state index < -0.39 is 0 Å². The third-order valence-electron chi connectivity index (χ3n) is 7.93. The topological polar surface area (TPSA) is 71.6 Å². The van der Waals surface area contributed by atoms with Crippen LogP contribution in [0.4, 0.5) is 0 Å². The van der Waals surface area contributed by atoms with Crippen LogP contribution in [0.25, 0.3) is 0 Å². The van der Waals surface area contributed by atoms with Crippen molar-refractivity contribution in [3.8, 4) is 11.5 Å². The van der Waals surface area contributed by atoms with Gasteiger partial charge in [0.25, 0.3) is 0 Å². The maximum Gasteiger partial charge on any atom is 0.231 e. The van der Waals surface area contributed by atoms with Gasteiger partial charge in [-0.15, -0.1) is 0 Å². The van der Waals surface area contributed by atoms with Gasteiger partial charge in [0.2, 0.25) is 18.6 Å². The fraction of sp³-hybridized carbons (Fsp3) is 0.692. The molecule has 4 aliphatic heterocycles. The molecule has 0 aliphatic carbocycles. The van der Waals surface area contributed by atoms with Crippen LogP contribution in [0.15, 0.2) is 18.2 Å². The Morgan fingerprint density at radius 3 is 2.88 bits per heavy atom. The Balaban J connectivity index is 1.23. The first-order chi connectivity index (χ1) is 16.6. The number of rotatable bonds is 8. The van der Waals surface area contributed by atoms with Gasteiger partial charge >= 0.3 is 0 Å². The largest absolute Gasteiger partial charge is 0.454 e. The summed E-state index contributed by atoms with van der Waals surface area (Å²) in [5, 5.41) is 0. The number of piperidine rings is 2. The van der Waals surface area contributed by atoms with Crippen molar-refractivity contribution in [3.05, 3.63) is 23.8 Å². The molecule has 0 bridgehead atoms. The number of hydrogen-bond donors (Lipinski definition) is 0. The summed E-state index contributed by atoms with van der Waals surface area (Å²) in [5.74, 6) is 1.82. The third kappa shape index (κ3) is 5.03. The Bertz CT molecular complexity index is 891. The summed E-state index contributed by atoms with van der Waals surface area (Å²) in [7, 11) is 1.68. The Kier molecular flexibility index (Phi) is 7.25. The van der Waals surface area contributed by atoms with Crippen LogP contribution in [-0.4, -0.2) is 85.8 Å². The number of amides is 2. The molecule has 0 spiro atoms. The molecule has 3 fully saturated rings. The molecule has 2 amide bonds. The zero-order chi connectivity index (χ0) is 23.5. The van der Waals surface area contributed by atoms with Crippen molar-refractivity contribution in [1.82, 2.24) is 14.7 Å². The SMILES string of the molecule is COCCN(C[C@@H]1CCCN2CCCC[C@H]12)C(=O)C1CC(=O)N(Cc2ccc3c(c2)OCO3)C1. The number of ether oxygens (including phenoxy) is 3. The maximum atomic E-state index is 13.6. The normalized spacial score (nSPS) is 26.6. The van der Waals surface area contributed by atoms with Gasteiger partial charge in [-0.05, 0) is 62.4 Å². The van der Waals surface area contributed by atoms with E-state index in [2.05, 4.69) is 4.90 Å². The number of methoxy groups -OCH3 is 1. The van der Waals surface area contributed by atoms with Crippen LogP contribution >= 0.6 is 0 Å². The van der Waals surface area contributed by atoms with Crippen LogP contribution in [0.3, 0.4) is 0 Å². The highest BCUT2D eigenvalue weighted by molar-refractivity contribution is 5.89. The summed E-state index contributed by atoms with van der Waals surface area (Å²) >= 11 is 0. The molecule has 1 unspecified atom stereocenters. The molecule has 0 N–H and O–H groups in total. The van der Waals surface area contributed by atoms with E-state index in [4.69, 9.17) is 14.2 Å². The third-order valence-corrected chi connectivity index (χ3v) is 7.93. The highest BCUT2D eigenvalue weighted by Gasteiger charge is 2.39. The van der Waals surface area contributed by atoms with E-state index in [0.717, 1.165) is 17.9 Å². The van der Waals surface area contributed by atoms with Gasteiger partial charge in [0.15, 0.2) is 11.5 Å². The van der Waals surface area contributed by atoms with E-state index in [9.17, 15) is 9.59 Å². The lowest BCUT2D eigenvalue weighted by molar-refractivity contribution is -0.137. The van der Waals surface area contributed by atoms with Crippen LogP contribution < -0.4 is 9.47 Å². The van der Waals surface area contributed by atoms with Gasteiger partial charge in [0.05, 0.1) is 12.5 Å². The van der Waals surface area contributed by atoms with Crippen LogP contribution in [-0.2, 0) is 20.9 Å². The Morgan fingerprint density at radius 1 is 1.15 bits per heavy atom. The number of hydrogen-bond acceptors (Lipinski definition) is 6. The molecule has 4 aliphatic rings. The second-order valence-corrected chi connectivity index (χ2v) is 10.1. The lowest BCUT2D eigenvalue weighted by Crippen LogP contribution is -2.52. The van der Waals surface area contributed by atoms with E-state index in [1.54, 1.807) is 12.0 Å². The highest BCUT2D eigenvalue weighted by Crippen LogP contribution is 2.34.